The summed E-state index contributed by atoms with van der Waals surface area (Å²) in [7, 11) is 0. The van der Waals surface area contributed by atoms with Gasteiger partial charge in [0.1, 0.15) is 16.6 Å². The summed E-state index contributed by atoms with van der Waals surface area (Å²) in [5, 5.41) is 18.7. The van der Waals surface area contributed by atoms with Crippen LogP contribution in [0.3, 0.4) is 0 Å². The average molecular weight is 301 g/mol. The third kappa shape index (κ3) is 2.95. The molecular formula is C14H11N3OS2. The van der Waals surface area contributed by atoms with Crippen LogP contribution in [-0.2, 0) is 4.79 Å². The highest BCUT2D eigenvalue weighted by atomic mass is 32.1. The second-order valence-corrected chi connectivity index (χ2v) is 6.15. The molecule has 0 radical (unpaired) electrons. The summed E-state index contributed by atoms with van der Waals surface area (Å²) in [5.41, 5.74) is 1.83. The number of carbonyl (C=O) groups is 1. The Labute approximate surface area is 124 Å². The second kappa shape index (κ2) is 5.57. The number of hydrogen-bond donors (Lipinski definition) is 1. The molecule has 0 aliphatic heterocycles. The van der Waals surface area contributed by atoms with Crippen LogP contribution in [0, 0.1) is 11.3 Å². The standard InChI is InChI=1S/C14H11N3OS2/c15-6-10(13(18)16-11-1-2-11)5-12-8-20-14(17-12)9-3-4-19-7-9/h3-5,7-8,11H,1-2H2,(H,16,18)/b10-5-. The van der Waals surface area contributed by atoms with E-state index < -0.39 is 0 Å². The second-order valence-electron chi connectivity index (χ2n) is 4.51. The molecule has 2 aromatic rings. The minimum Gasteiger partial charge on any atom is -0.349 e. The Bertz CT molecular complexity index is 690. The van der Waals surface area contributed by atoms with Crippen molar-refractivity contribution in [2.45, 2.75) is 18.9 Å². The highest BCUT2D eigenvalue weighted by Crippen LogP contribution is 2.26. The molecule has 1 saturated carbocycles. The molecule has 1 N–H and O–H groups in total. The number of carbonyl (C=O) groups excluding carboxylic acids is 1. The fourth-order valence-corrected chi connectivity index (χ4v) is 3.15. The van der Waals surface area contributed by atoms with Crippen LogP contribution in [0.2, 0.25) is 0 Å². The van der Waals surface area contributed by atoms with Crippen LogP contribution >= 0.6 is 22.7 Å². The van der Waals surface area contributed by atoms with E-state index in [0.29, 0.717) is 5.69 Å². The minimum absolute atomic E-state index is 0.110. The maximum atomic E-state index is 11.8. The van der Waals surface area contributed by atoms with Crippen molar-refractivity contribution in [1.82, 2.24) is 10.3 Å². The zero-order valence-corrected chi connectivity index (χ0v) is 12.1. The first-order valence-electron chi connectivity index (χ1n) is 6.17. The van der Waals surface area contributed by atoms with Gasteiger partial charge in [0.2, 0.25) is 0 Å². The number of amides is 1. The summed E-state index contributed by atoms with van der Waals surface area (Å²) in [6.07, 6.45) is 3.55. The maximum absolute atomic E-state index is 11.8. The van der Waals surface area contributed by atoms with E-state index in [0.717, 1.165) is 23.4 Å². The molecule has 1 amide bonds. The topological polar surface area (TPSA) is 65.8 Å². The number of nitriles is 1. The minimum atomic E-state index is -0.305. The van der Waals surface area contributed by atoms with Crippen molar-refractivity contribution in [3.63, 3.8) is 0 Å². The predicted molar refractivity (Wildman–Crippen MR) is 80.2 cm³/mol. The summed E-state index contributed by atoms with van der Waals surface area (Å²) >= 11 is 3.12. The molecule has 1 fully saturated rings. The Morgan fingerprint density at radius 2 is 2.35 bits per heavy atom. The molecule has 2 heterocycles. The van der Waals surface area contributed by atoms with E-state index >= 15 is 0 Å². The Morgan fingerprint density at radius 3 is 3.00 bits per heavy atom. The van der Waals surface area contributed by atoms with Gasteiger partial charge in [0.15, 0.2) is 0 Å². The molecule has 0 spiro atoms. The molecule has 0 atom stereocenters. The molecule has 1 aliphatic carbocycles. The number of nitrogens with zero attached hydrogens (tertiary/aromatic N) is 2. The smallest absolute Gasteiger partial charge is 0.262 e. The number of rotatable bonds is 4. The number of aromatic nitrogens is 1. The lowest BCUT2D eigenvalue weighted by molar-refractivity contribution is -0.117. The molecule has 100 valence electrons. The van der Waals surface area contributed by atoms with Crippen LogP contribution in [0.15, 0.2) is 27.8 Å². The molecule has 0 unspecified atom stereocenters. The zero-order valence-electron chi connectivity index (χ0n) is 10.5. The van der Waals surface area contributed by atoms with Crippen molar-refractivity contribution in [2.24, 2.45) is 0 Å². The van der Waals surface area contributed by atoms with Crippen LogP contribution in [0.4, 0.5) is 0 Å². The first kappa shape index (κ1) is 13.0. The Kier molecular flexibility index (Phi) is 3.63. The Balaban J connectivity index is 1.79. The molecule has 2 aromatic heterocycles. The van der Waals surface area contributed by atoms with E-state index in [1.807, 2.05) is 28.3 Å². The van der Waals surface area contributed by atoms with E-state index in [4.69, 9.17) is 5.26 Å². The normalized spacial score (nSPS) is 14.8. The van der Waals surface area contributed by atoms with Gasteiger partial charge < -0.3 is 5.32 Å². The van der Waals surface area contributed by atoms with Gasteiger partial charge in [0.25, 0.3) is 5.91 Å². The summed E-state index contributed by atoms with van der Waals surface area (Å²) in [4.78, 5) is 16.3. The third-order valence-electron chi connectivity index (χ3n) is 2.86. The van der Waals surface area contributed by atoms with Crippen molar-refractivity contribution in [3.05, 3.63) is 33.5 Å². The van der Waals surface area contributed by atoms with Gasteiger partial charge in [-0.2, -0.15) is 16.6 Å². The van der Waals surface area contributed by atoms with E-state index in [2.05, 4.69) is 10.3 Å². The first-order valence-corrected chi connectivity index (χ1v) is 7.99. The molecule has 20 heavy (non-hydrogen) atoms. The summed E-state index contributed by atoms with van der Waals surface area (Å²) in [5.74, 6) is -0.305. The molecule has 0 aromatic carbocycles. The predicted octanol–water partition coefficient (Wildman–Crippen LogP) is 3.06. The van der Waals surface area contributed by atoms with Crippen LogP contribution in [0.1, 0.15) is 18.5 Å². The van der Waals surface area contributed by atoms with Gasteiger partial charge in [-0.1, -0.05) is 0 Å². The summed E-state index contributed by atoms with van der Waals surface area (Å²) < 4.78 is 0. The molecule has 4 nitrogen and oxygen atoms in total. The monoisotopic (exact) mass is 301 g/mol. The first-order chi connectivity index (χ1) is 9.76. The number of thiazole rings is 1. The van der Waals surface area contributed by atoms with Gasteiger partial charge in [-0.3, -0.25) is 4.79 Å². The fourth-order valence-electron chi connectivity index (χ4n) is 1.66. The quantitative estimate of drug-likeness (QED) is 0.697. The number of hydrogen-bond acceptors (Lipinski definition) is 5. The Hall–Kier alpha value is -1.97. The maximum Gasteiger partial charge on any atom is 0.262 e. The van der Waals surface area contributed by atoms with Crippen molar-refractivity contribution < 1.29 is 4.79 Å². The van der Waals surface area contributed by atoms with E-state index in [-0.39, 0.29) is 17.5 Å². The molecular weight excluding hydrogens is 290 g/mol. The highest BCUT2D eigenvalue weighted by molar-refractivity contribution is 7.14. The van der Waals surface area contributed by atoms with E-state index in [1.165, 1.54) is 11.3 Å². The average Bonchev–Trinajstić information content (AvgIpc) is 2.96. The van der Waals surface area contributed by atoms with Gasteiger partial charge in [0.05, 0.1) is 5.69 Å². The van der Waals surface area contributed by atoms with Crippen LogP contribution in [0.25, 0.3) is 16.6 Å². The lowest BCUT2D eigenvalue weighted by Gasteiger charge is -1.99. The van der Waals surface area contributed by atoms with Gasteiger partial charge in [-0.25, -0.2) is 4.98 Å². The largest absolute Gasteiger partial charge is 0.349 e. The molecule has 0 bridgehead atoms. The van der Waals surface area contributed by atoms with Crippen LogP contribution in [0.5, 0.6) is 0 Å². The molecule has 1 aliphatic rings. The van der Waals surface area contributed by atoms with Gasteiger partial charge in [-0.05, 0) is 30.4 Å². The highest BCUT2D eigenvalue weighted by Gasteiger charge is 2.24. The van der Waals surface area contributed by atoms with Crippen molar-refractivity contribution in [3.8, 4) is 16.6 Å². The lowest BCUT2D eigenvalue weighted by Crippen LogP contribution is -2.26. The molecule has 3 rings (SSSR count). The Morgan fingerprint density at radius 1 is 1.50 bits per heavy atom. The molecule has 6 heteroatoms. The van der Waals surface area contributed by atoms with Crippen molar-refractivity contribution in [2.75, 3.05) is 0 Å². The summed E-state index contributed by atoms with van der Waals surface area (Å²) in [6, 6.07) is 4.19. The zero-order chi connectivity index (χ0) is 13.9. The van der Waals surface area contributed by atoms with Gasteiger partial charge in [-0.15, -0.1) is 11.3 Å². The number of thiophene rings is 1. The van der Waals surface area contributed by atoms with E-state index in [1.54, 1.807) is 17.4 Å². The number of nitrogens with one attached hydrogen (secondary N) is 1. The van der Waals surface area contributed by atoms with Crippen LogP contribution in [-0.4, -0.2) is 16.9 Å². The van der Waals surface area contributed by atoms with Gasteiger partial charge >= 0.3 is 0 Å². The molecule has 0 saturated heterocycles. The SMILES string of the molecule is N#C/C(=C/c1csc(-c2ccsc2)n1)C(=O)NC1CC1. The lowest BCUT2D eigenvalue weighted by atomic mass is 10.2. The van der Waals surface area contributed by atoms with Crippen LogP contribution < -0.4 is 5.32 Å². The fraction of sp³-hybridized carbons (Fsp3) is 0.214. The van der Waals surface area contributed by atoms with Crippen molar-refractivity contribution >= 4 is 34.7 Å². The summed E-state index contributed by atoms with van der Waals surface area (Å²) in [6.45, 7) is 0. The van der Waals surface area contributed by atoms with E-state index in [9.17, 15) is 4.79 Å². The third-order valence-corrected chi connectivity index (χ3v) is 4.45. The van der Waals surface area contributed by atoms with Gasteiger partial charge in [0, 0.05) is 22.4 Å². The van der Waals surface area contributed by atoms with Crippen molar-refractivity contribution in [1.29, 1.82) is 5.26 Å².